The normalized spacial score (nSPS) is 15.7. The standard InChI is InChI=1S/C20H21FN2O4S/c1-27-18-7-9-19(10-8-18)28(25,26)23-14-12-22(13-15-23)20(24)11-4-16-2-5-17(21)6-3-16/h2-11H,12-15H2,1H3/b11-4+. The van der Waals surface area contributed by atoms with Gasteiger partial charge in [0, 0.05) is 32.3 Å². The van der Waals surface area contributed by atoms with E-state index in [4.69, 9.17) is 4.74 Å². The number of rotatable bonds is 5. The number of carbonyl (C=O) groups excluding carboxylic acids is 1. The van der Waals surface area contributed by atoms with Gasteiger partial charge in [-0.25, -0.2) is 12.8 Å². The van der Waals surface area contributed by atoms with Gasteiger partial charge in [-0.1, -0.05) is 12.1 Å². The predicted octanol–water partition coefficient (Wildman–Crippen LogP) is 2.38. The number of piperazine rings is 1. The molecule has 0 bridgehead atoms. The molecule has 2 aromatic carbocycles. The zero-order valence-corrected chi connectivity index (χ0v) is 16.2. The van der Waals surface area contributed by atoms with Crippen LogP contribution < -0.4 is 4.74 Å². The maximum absolute atomic E-state index is 12.9. The minimum absolute atomic E-state index is 0.198. The summed E-state index contributed by atoms with van der Waals surface area (Å²) < 4.78 is 44.8. The minimum Gasteiger partial charge on any atom is -0.497 e. The van der Waals surface area contributed by atoms with E-state index in [1.165, 1.54) is 41.8 Å². The van der Waals surface area contributed by atoms with Gasteiger partial charge in [0.25, 0.3) is 0 Å². The highest BCUT2D eigenvalue weighted by Gasteiger charge is 2.29. The highest BCUT2D eigenvalue weighted by atomic mass is 32.2. The first kappa shape index (κ1) is 20.0. The molecular formula is C20H21FN2O4S. The second kappa shape index (κ2) is 8.53. The van der Waals surface area contributed by atoms with Crippen molar-refractivity contribution < 1.29 is 22.3 Å². The monoisotopic (exact) mass is 404 g/mol. The fourth-order valence-corrected chi connectivity index (χ4v) is 4.31. The van der Waals surface area contributed by atoms with Crippen LogP contribution in [0.15, 0.2) is 59.5 Å². The molecule has 1 saturated heterocycles. The molecule has 0 unspecified atom stereocenters. The second-order valence-corrected chi connectivity index (χ2v) is 8.23. The number of ether oxygens (including phenoxy) is 1. The fraction of sp³-hybridized carbons (Fsp3) is 0.250. The first-order valence-corrected chi connectivity index (χ1v) is 10.2. The number of hydrogen-bond donors (Lipinski definition) is 0. The van der Waals surface area contributed by atoms with Crippen molar-refractivity contribution in [2.75, 3.05) is 33.3 Å². The lowest BCUT2D eigenvalue weighted by molar-refractivity contribution is -0.127. The van der Waals surface area contributed by atoms with Crippen molar-refractivity contribution in [2.24, 2.45) is 0 Å². The van der Waals surface area contributed by atoms with Crippen molar-refractivity contribution in [3.05, 3.63) is 66.0 Å². The van der Waals surface area contributed by atoms with Gasteiger partial charge in [0.15, 0.2) is 0 Å². The van der Waals surface area contributed by atoms with Gasteiger partial charge in [0.2, 0.25) is 15.9 Å². The van der Waals surface area contributed by atoms with E-state index in [1.54, 1.807) is 35.2 Å². The summed E-state index contributed by atoms with van der Waals surface area (Å²) in [5.41, 5.74) is 0.718. The second-order valence-electron chi connectivity index (χ2n) is 6.29. The largest absolute Gasteiger partial charge is 0.497 e. The van der Waals surface area contributed by atoms with Crippen LogP contribution in [0.5, 0.6) is 5.75 Å². The van der Waals surface area contributed by atoms with Crippen molar-refractivity contribution in [1.82, 2.24) is 9.21 Å². The van der Waals surface area contributed by atoms with Crippen molar-refractivity contribution >= 4 is 22.0 Å². The van der Waals surface area contributed by atoms with Crippen LogP contribution in [-0.4, -0.2) is 56.8 Å². The van der Waals surface area contributed by atoms with Gasteiger partial charge in [0.05, 0.1) is 12.0 Å². The molecule has 1 heterocycles. The number of amides is 1. The molecule has 8 heteroatoms. The van der Waals surface area contributed by atoms with Crippen LogP contribution in [0.3, 0.4) is 0 Å². The van der Waals surface area contributed by atoms with Gasteiger partial charge in [-0.3, -0.25) is 4.79 Å². The Labute approximate surface area is 163 Å². The quantitative estimate of drug-likeness (QED) is 0.718. The molecule has 0 N–H and O–H groups in total. The molecular weight excluding hydrogens is 383 g/mol. The van der Waals surface area contributed by atoms with Crippen LogP contribution in [0, 0.1) is 5.82 Å². The summed E-state index contributed by atoms with van der Waals surface area (Å²) in [6, 6.07) is 12.0. The van der Waals surface area contributed by atoms with Crippen LogP contribution in [-0.2, 0) is 14.8 Å². The molecule has 0 spiro atoms. The summed E-state index contributed by atoms with van der Waals surface area (Å²) in [5.74, 6) is 0.0470. The Morgan fingerprint density at radius 2 is 1.61 bits per heavy atom. The number of nitrogens with zero attached hydrogens (tertiary/aromatic N) is 2. The third-order valence-electron chi connectivity index (χ3n) is 4.54. The van der Waals surface area contributed by atoms with E-state index >= 15 is 0 Å². The summed E-state index contributed by atoms with van der Waals surface area (Å²) in [5, 5.41) is 0. The maximum Gasteiger partial charge on any atom is 0.246 e. The van der Waals surface area contributed by atoms with Crippen LogP contribution in [0.25, 0.3) is 6.08 Å². The Balaban J connectivity index is 1.59. The van der Waals surface area contributed by atoms with E-state index in [2.05, 4.69) is 0 Å². The number of halogens is 1. The third-order valence-corrected chi connectivity index (χ3v) is 6.45. The molecule has 1 fully saturated rings. The van der Waals surface area contributed by atoms with Crippen molar-refractivity contribution in [2.45, 2.75) is 4.90 Å². The molecule has 0 aliphatic carbocycles. The molecule has 0 atom stereocenters. The molecule has 1 aliphatic heterocycles. The average Bonchev–Trinajstić information content (AvgIpc) is 2.73. The van der Waals surface area contributed by atoms with E-state index in [0.717, 1.165) is 5.56 Å². The van der Waals surface area contributed by atoms with Gasteiger partial charge in [0.1, 0.15) is 11.6 Å². The maximum atomic E-state index is 12.9. The van der Waals surface area contributed by atoms with Crippen molar-refractivity contribution in [1.29, 1.82) is 0 Å². The molecule has 0 aromatic heterocycles. The molecule has 1 aliphatic rings. The third kappa shape index (κ3) is 4.58. The summed E-state index contributed by atoms with van der Waals surface area (Å²) in [4.78, 5) is 14.1. The van der Waals surface area contributed by atoms with Gasteiger partial charge in [-0.15, -0.1) is 0 Å². The smallest absolute Gasteiger partial charge is 0.246 e. The zero-order chi connectivity index (χ0) is 20.1. The van der Waals surface area contributed by atoms with E-state index in [1.807, 2.05) is 0 Å². The highest BCUT2D eigenvalue weighted by molar-refractivity contribution is 7.89. The van der Waals surface area contributed by atoms with Crippen molar-refractivity contribution in [3.8, 4) is 5.75 Å². The van der Waals surface area contributed by atoms with E-state index in [0.29, 0.717) is 18.8 Å². The Kier molecular flexibility index (Phi) is 6.11. The van der Waals surface area contributed by atoms with E-state index < -0.39 is 10.0 Å². The number of benzene rings is 2. The number of methoxy groups -OCH3 is 1. The molecule has 3 rings (SSSR count). The highest BCUT2D eigenvalue weighted by Crippen LogP contribution is 2.20. The van der Waals surface area contributed by atoms with Crippen LogP contribution >= 0.6 is 0 Å². The van der Waals surface area contributed by atoms with Gasteiger partial charge >= 0.3 is 0 Å². The number of hydrogen-bond acceptors (Lipinski definition) is 4. The van der Waals surface area contributed by atoms with Gasteiger partial charge < -0.3 is 9.64 Å². The zero-order valence-electron chi connectivity index (χ0n) is 15.4. The SMILES string of the molecule is COc1ccc(S(=O)(=O)N2CCN(C(=O)/C=C/c3ccc(F)cc3)CC2)cc1. The first-order valence-electron chi connectivity index (χ1n) is 8.77. The number of sulfonamides is 1. The summed E-state index contributed by atoms with van der Waals surface area (Å²) in [6.07, 6.45) is 3.03. The van der Waals surface area contributed by atoms with E-state index in [-0.39, 0.29) is 29.7 Å². The van der Waals surface area contributed by atoms with Gasteiger partial charge in [-0.2, -0.15) is 4.31 Å². The van der Waals surface area contributed by atoms with Crippen LogP contribution in [0.1, 0.15) is 5.56 Å². The Bertz CT molecular complexity index is 949. The predicted molar refractivity (Wildman–Crippen MR) is 104 cm³/mol. The van der Waals surface area contributed by atoms with Crippen LogP contribution in [0.4, 0.5) is 4.39 Å². The molecule has 1 amide bonds. The summed E-state index contributed by atoms with van der Waals surface area (Å²) in [7, 11) is -2.09. The lowest BCUT2D eigenvalue weighted by atomic mass is 10.2. The Morgan fingerprint density at radius 1 is 1.00 bits per heavy atom. The van der Waals surface area contributed by atoms with Gasteiger partial charge in [-0.05, 0) is 48.0 Å². The topological polar surface area (TPSA) is 66.9 Å². The van der Waals surface area contributed by atoms with Crippen molar-refractivity contribution in [3.63, 3.8) is 0 Å². The molecule has 6 nitrogen and oxygen atoms in total. The molecule has 28 heavy (non-hydrogen) atoms. The average molecular weight is 404 g/mol. The first-order chi connectivity index (χ1) is 13.4. The fourth-order valence-electron chi connectivity index (χ4n) is 2.89. The molecule has 148 valence electrons. The Hall–Kier alpha value is -2.71. The lowest BCUT2D eigenvalue weighted by Gasteiger charge is -2.33. The Morgan fingerprint density at radius 3 is 2.18 bits per heavy atom. The molecule has 0 saturated carbocycles. The lowest BCUT2D eigenvalue weighted by Crippen LogP contribution is -2.50. The summed E-state index contributed by atoms with van der Waals surface area (Å²) in [6.45, 7) is 1.07. The minimum atomic E-state index is -3.61. The van der Waals surface area contributed by atoms with E-state index in [9.17, 15) is 17.6 Å². The molecule has 2 aromatic rings. The van der Waals surface area contributed by atoms with Crippen LogP contribution in [0.2, 0.25) is 0 Å². The summed E-state index contributed by atoms with van der Waals surface area (Å²) >= 11 is 0. The molecule has 0 radical (unpaired) electrons. The number of carbonyl (C=O) groups is 1.